The fourth-order valence-electron chi connectivity index (χ4n) is 3.14. The van der Waals surface area contributed by atoms with E-state index in [1.807, 2.05) is 0 Å². The lowest BCUT2D eigenvalue weighted by atomic mass is 10.1. The lowest BCUT2D eigenvalue weighted by molar-refractivity contribution is -0.120. The number of hydrogen-bond donors (Lipinski definition) is 1. The molecule has 2 aliphatic rings. The van der Waals surface area contributed by atoms with Crippen molar-refractivity contribution in [3.8, 4) is 0 Å². The third kappa shape index (κ3) is 0.724. The molecule has 3 nitrogen and oxygen atoms in total. The molecule has 0 saturated heterocycles. The van der Waals surface area contributed by atoms with E-state index in [0.717, 1.165) is 6.42 Å². The zero-order valence-electron chi connectivity index (χ0n) is 7.71. The SMILES string of the molecule is CN(C)C12CCCC1C2C(N)=O. The van der Waals surface area contributed by atoms with Crippen molar-refractivity contribution in [2.75, 3.05) is 14.1 Å². The van der Waals surface area contributed by atoms with Gasteiger partial charge in [0.25, 0.3) is 0 Å². The Hall–Kier alpha value is -0.570. The van der Waals surface area contributed by atoms with Gasteiger partial charge in [0.1, 0.15) is 0 Å². The minimum Gasteiger partial charge on any atom is -0.369 e. The Morgan fingerprint density at radius 2 is 2.25 bits per heavy atom. The first kappa shape index (κ1) is 8.05. The summed E-state index contributed by atoms with van der Waals surface area (Å²) in [4.78, 5) is 13.3. The molecule has 3 unspecified atom stereocenters. The highest BCUT2D eigenvalue weighted by molar-refractivity contribution is 5.83. The van der Waals surface area contributed by atoms with Gasteiger partial charge in [0.2, 0.25) is 5.91 Å². The van der Waals surface area contributed by atoms with E-state index in [0.29, 0.717) is 5.92 Å². The quantitative estimate of drug-likeness (QED) is 0.640. The van der Waals surface area contributed by atoms with E-state index in [-0.39, 0.29) is 17.4 Å². The van der Waals surface area contributed by atoms with E-state index in [9.17, 15) is 4.79 Å². The molecule has 2 saturated carbocycles. The number of carbonyl (C=O) groups excluding carboxylic acids is 1. The summed E-state index contributed by atoms with van der Waals surface area (Å²) in [6.45, 7) is 0. The van der Waals surface area contributed by atoms with Crippen LogP contribution in [-0.2, 0) is 4.79 Å². The smallest absolute Gasteiger partial charge is 0.222 e. The predicted molar refractivity (Wildman–Crippen MR) is 46.4 cm³/mol. The van der Waals surface area contributed by atoms with Gasteiger partial charge in [0.15, 0.2) is 0 Å². The Bertz CT molecular complexity index is 227. The molecule has 0 aliphatic heterocycles. The molecule has 0 aromatic heterocycles. The number of carbonyl (C=O) groups is 1. The Labute approximate surface area is 72.9 Å². The van der Waals surface area contributed by atoms with Crippen LogP contribution in [0.3, 0.4) is 0 Å². The molecule has 68 valence electrons. The highest BCUT2D eigenvalue weighted by Crippen LogP contribution is 2.63. The second kappa shape index (κ2) is 2.22. The summed E-state index contributed by atoms with van der Waals surface area (Å²) in [5, 5.41) is 0. The highest BCUT2D eigenvalue weighted by atomic mass is 16.1. The summed E-state index contributed by atoms with van der Waals surface area (Å²) in [5.74, 6) is 0.597. The van der Waals surface area contributed by atoms with Gasteiger partial charge in [-0.15, -0.1) is 0 Å². The molecule has 0 heterocycles. The summed E-state index contributed by atoms with van der Waals surface area (Å²) in [7, 11) is 4.11. The molecule has 0 spiro atoms. The van der Waals surface area contributed by atoms with Gasteiger partial charge in [-0.25, -0.2) is 0 Å². The van der Waals surface area contributed by atoms with Crippen LogP contribution < -0.4 is 5.73 Å². The topological polar surface area (TPSA) is 46.3 Å². The van der Waals surface area contributed by atoms with Crippen molar-refractivity contribution in [2.24, 2.45) is 17.6 Å². The second-order valence-corrected chi connectivity index (χ2v) is 4.26. The molecule has 2 aliphatic carbocycles. The molecule has 0 aromatic carbocycles. The molecule has 3 heteroatoms. The van der Waals surface area contributed by atoms with Gasteiger partial charge in [-0.3, -0.25) is 4.79 Å². The minimum atomic E-state index is -0.103. The predicted octanol–water partition coefficient (Wildman–Crippen LogP) is 0.202. The van der Waals surface area contributed by atoms with Gasteiger partial charge in [0, 0.05) is 5.54 Å². The van der Waals surface area contributed by atoms with Crippen molar-refractivity contribution in [3.05, 3.63) is 0 Å². The van der Waals surface area contributed by atoms with Gasteiger partial charge < -0.3 is 10.6 Å². The number of nitrogens with zero attached hydrogens (tertiary/aromatic N) is 1. The maximum Gasteiger partial charge on any atom is 0.222 e. The number of rotatable bonds is 2. The number of fused-ring (bicyclic) bond motifs is 1. The fraction of sp³-hybridized carbons (Fsp3) is 0.889. The molecule has 2 fully saturated rings. The largest absolute Gasteiger partial charge is 0.369 e. The third-order valence-electron chi connectivity index (χ3n) is 3.71. The summed E-state index contributed by atoms with van der Waals surface area (Å²) < 4.78 is 0. The number of amides is 1. The zero-order valence-corrected chi connectivity index (χ0v) is 7.71. The van der Waals surface area contributed by atoms with Crippen molar-refractivity contribution < 1.29 is 4.79 Å². The van der Waals surface area contributed by atoms with E-state index in [1.165, 1.54) is 12.8 Å². The summed E-state index contributed by atoms with van der Waals surface area (Å²) in [6, 6.07) is 0. The van der Waals surface area contributed by atoms with Gasteiger partial charge in [-0.05, 0) is 32.9 Å². The van der Waals surface area contributed by atoms with E-state index in [1.54, 1.807) is 0 Å². The van der Waals surface area contributed by atoms with Crippen LogP contribution in [0.5, 0.6) is 0 Å². The normalized spacial score (nSPS) is 44.6. The van der Waals surface area contributed by atoms with E-state index in [4.69, 9.17) is 5.73 Å². The number of primary amides is 1. The minimum absolute atomic E-state index is 0.103. The Balaban J connectivity index is 2.20. The molecular formula is C9H16N2O. The van der Waals surface area contributed by atoms with Gasteiger partial charge in [-0.2, -0.15) is 0 Å². The first-order valence-electron chi connectivity index (χ1n) is 4.57. The average Bonchev–Trinajstić information content (AvgIpc) is 2.44. The van der Waals surface area contributed by atoms with Crippen LogP contribution >= 0.6 is 0 Å². The zero-order chi connectivity index (χ0) is 8.93. The van der Waals surface area contributed by atoms with Crippen LogP contribution in [0.25, 0.3) is 0 Å². The van der Waals surface area contributed by atoms with Crippen molar-refractivity contribution in [2.45, 2.75) is 24.8 Å². The number of hydrogen-bond acceptors (Lipinski definition) is 2. The van der Waals surface area contributed by atoms with Crippen LogP contribution in [-0.4, -0.2) is 30.4 Å². The standard InChI is InChI=1S/C9H16N2O/c1-11(2)9-5-3-4-6(9)7(9)8(10)12/h6-7H,3-5H2,1-2H3,(H2,10,12). The monoisotopic (exact) mass is 168 g/mol. The molecule has 1 amide bonds. The molecule has 3 atom stereocenters. The van der Waals surface area contributed by atoms with E-state index in [2.05, 4.69) is 19.0 Å². The van der Waals surface area contributed by atoms with Gasteiger partial charge >= 0.3 is 0 Å². The van der Waals surface area contributed by atoms with Crippen LogP contribution in [0.2, 0.25) is 0 Å². The molecule has 2 N–H and O–H groups in total. The van der Waals surface area contributed by atoms with Crippen molar-refractivity contribution >= 4 is 5.91 Å². The second-order valence-electron chi connectivity index (χ2n) is 4.26. The third-order valence-corrected chi connectivity index (χ3v) is 3.71. The van der Waals surface area contributed by atoms with Crippen LogP contribution in [0.1, 0.15) is 19.3 Å². The molecule has 0 radical (unpaired) electrons. The lowest BCUT2D eigenvalue weighted by Gasteiger charge is -2.22. The van der Waals surface area contributed by atoms with E-state index < -0.39 is 0 Å². The Morgan fingerprint density at radius 3 is 2.58 bits per heavy atom. The molecule has 0 aromatic rings. The van der Waals surface area contributed by atoms with Gasteiger partial charge in [0.05, 0.1) is 5.92 Å². The first-order chi connectivity index (χ1) is 5.60. The van der Waals surface area contributed by atoms with Crippen molar-refractivity contribution in [1.29, 1.82) is 0 Å². The molecule has 2 rings (SSSR count). The maximum absolute atomic E-state index is 11.1. The van der Waals surface area contributed by atoms with Crippen molar-refractivity contribution in [1.82, 2.24) is 4.90 Å². The van der Waals surface area contributed by atoms with Crippen LogP contribution in [0.15, 0.2) is 0 Å². The summed E-state index contributed by atoms with van der Waals surface area (Å²) >= 11 is 0. The number of nitrogens with two attached hydrogens (primary N) is 1. The lowest BCUT2D eigenvalue weighted by Crippen LogP contribution is -2.35. The molecule has 0 bridgehead atoms. The van der Waals surface area contributed by atoms with Crippen molar-refractivity contribution in [3.63, 3.8) is 0 Å². The Morgan fingerprint density at radius 1 is 1.58 bits per heavy atom. The fourth-order valence-corrected chi connectivity index (χ4v) is 3.14. The summed E-state index contributed by atoms with van der Waals surface area (Å²) in [5.41, 5.74) is 5.50. The van der Waals surface area contributed by atoms with Crippen LogP contribution in [0, 0.1) is 11.8 Å². The first-order valence-corrected chi connectivity index (χ1v) is 4.57. The van der Waals surface area contributed by atoms with E-state index >= 15 is 0 Å². The van der Waals surface area contributed by atoms with Crippen LogP contribution in [0.4, 0.5) is 0 Å². The Kier molecular flexibility index (Phi) is 1.49. The molecular weight excluding hydrogens is 152 g/mol. The summed E-state index contributed by atoms with van der Waals surface area (Å²) in [6.07, 6.45) is 3.59. The average molecular weight is 168 g/mol. The molecule has 12 heavy (non-hydrogen) atoms. The van der Waals surface area contributed by atoms with Gasteiger partial charge in [-0.1, -0.05) is 6.42 Å². The maximum atomic E-state index is 11.1. The highest BCUT2D eigenvalue weighted by Gasteiger charge is 2.70.